The standard InChI is InChI=1S/C15H20O4/c1-10-13-14(16)15(19-10,11(2)18-13)9-17-8-12-6-4-3-5-7-12/h3-7,10-11,13-14,16H,8-9H2,1-2H3/t10-,11?,13-,14-,15-/m0/s1. The highest BCUT2D eigenvalue weighted by molar-refractivity contribution is 5.14. The van der Waals surface area contributed by atoms with Crippen molar-refractivity contribution in [2.45, 2.75) is 50.5 Å². The van der Waals surface area contributed by atoms with E-state index >= 15 is 0 Å². The summed E-state index contributed by atoms with van der Waals surface area (Å²) in [6, 6.07) is 9.98. The molecule has 2 bridgehead atoms. The van der Waals surface area contributed by atoms with E-state index in [2.05, 4.69) is 0 Å². The Morgan fingerprint density at radius 2 is 2.00 bits per heavy atom. The molecule has 1 aromatic carbocycles. The Morgan fingerprint density at radius 3 is 2.63 bits per heavy atom. The van der Waals surface area contributed by atoms with Gasteiger partial charge in [0.25, 0.3) is 0 Å². The molecule has 2 aliphatic heterocycles. The Balaban J connectivity index is 1.63. The summed E-state index contributed by atoms with van der Waals surface area (Å²) in [6.45, 7) is 4.73. The number of ether oxygens (including phenoxy) is 3. The molecule has 1 unspecified atom stereocenters. The normalized spacial score (nSPS) is 40.8. The Bertz CT molecular complexity index is 435. The monoisotopic (exact) mass is 264 g/mol. The van der Waals surface area contributed by atoms with Crippen LogP contribution in [0.2, 0.25) is 0 Å². The van der Waals surface area contributed by atoms with Crippen LogP contribution in [0, 0.1) is 0 Å². The number of fused-ring (bicyclic) bond motifs is 2. The second kappa shape index (κ2) is 4.87. The van der Waals surface area contributed by atoms with E-state index in [0.717, 1.165) is 5.56 Å². The second-order valence-corrected chi connectivity index (χ2v) is 5.44. The van der Waals surface area contributed by atoms with Gasteiger partial charge in [0.05, 0.1) is 25.4 Å². The van der Waals surface area contributed by atoms with Gasteiger partial charge in [-0.25, -0.2) is 0 Å². The molecule has 0 amide bonds. The van der Waals surface area contributed by atoms with Crippen LogP contribution in [-0.4, -0.2) is 41.7 Å². The lowest BCUT2D eigenvalue weighted by atomic mass is 9.94. The minimum absolute atomic E-state index is 0.0773. The first-order valence-corrected chi connectivity index (χ1v) is 6.76. The molecule has 0 aromatic heterocycles. The molecular weight excluding hydrogens is 244 g/mol. The average molecular weight is 264 g/mol. The molecule has 1 N–H and O–H groups in total. The van der Waals surface area contributed by atoms with Gasteiger partial charge >= 0.3 is 0 Å². The van der Waals surface area contributed by atoms with Gasteiger partial charge in [0, 0.05) is 0 Å². The highest BCUT2D eigenvalue weighted by atomic mass is 16.7. The molecule has 4 nitrogen and oxygen atoms in total. The van der Waals surface area contributed by atoms with Gasteiger partial charge in [-0.2, -0.15) is 0 Å². The van der Waals surface area contributed by atoms with Gasteiger partial charge in [-0.05, 0) is 19.4 Å². The zero-order valence-corrected chi connectivity index (χ0v) is 11.3. The van der Waals surface area contributed by atoms with E-state index in [1.807, 2.05) is 44.2 Å². The summed E-state index contributed by atoms with van der Waals surface area (Å²) in [5, 5.41) is 10.3. The number of aliphatic hydroxyl groups is 1. The molecule has 2 heterocycles. The van der Waals surface area contributed by atoms with Crippen molar-refractivity contribution in [3.63, 3.8) is 0 Å². The summed E-state index contributed by atoms with van der Waals surface area (Å²) >= 11 is 0. The summed E-state index contributed by atoms with van der Waals surface area (Å²) in [7, 11) is 0. The Kier molecular flexibility index (Phi) is 3.35. The van der Waals surface area contributed by atoms with E-state index in [9.17, 15) is 5.11 Å². The lowest BCUT2D eigenvalue weighted by molar-refractivity contribution is -0.198. The molecule has 2 fully saturated rings. The third-order valence-corrected chi connectivity index (χ3v) is 4.17. The Morgan fingerprint density at radius 1 is 1.26 bits per heavy atom. The lowest BCUT2D eigenvalue weighted by Crippen LogP contribution is -2.50. The third kappa shape index (κ3) is 2.09. The van der Waals surface area contributed by atoms with Crippen LogP contribution in [0.1, 0.15) is 19.4 Å². The first-order valence-electron chi connectivity index (χ1n) is 6.76. The maximum atomic E-state index is 10.3. The predicted molar refractivity (Wildman–Crippen MR) is 69.7 cm³/mol. The van der Waals surface area contributed by atoms with E-state index in [4.69, 9.17) is 14.2 Å². The molecule has 0 aliphatic carbocycles. The molecule has 2 saturated heterocycles. The fourth-order valence-electron chi connectivity index (χ4n) is 3.03. The van der Waals surface area contributed by atoms with Gasteiger partial charge in [0.15, 0.2) is 0 Å². The molecule has 3 rings (SSSR count). The zero-order valence-electron chi connectivity index (χ0n) is 11.3. The number of benzene rings is 1. The minimum atomic E-state index is -0.709. The molecule has 0 saturated carbocycles. The van der Waals surface area contributed by atoms with Crippen molar-refractivity contribution in [2.24, 2.45) is 0 Å². The third-order valence-electron chi connectivity index (χ3n) is 4.17. The molecule has 104 valence electrons. The van der Waals surface area contributed by atoms with E-state index in [-0.39, 0.29) is 18.3 Å². The van der Waals surface area contributed by atoms with Crippen LogP contribution in [-0.2, 0) is 20.8 Å². The lowest BCUT2D eigenvalue weighted by Gasteiger charge is -2.34. The number of hydrogen-bond acceptors (Lipinski definition) is 4. The van der Waals surface area contributed by atoms with Gasteiger partial charge in [-0.3, -0.25) is 0 Å². The van der Waals surface area contributed by atoms with Crippen molar-refractivity contribution >= 4 is 0 Å². The molecule has 1 aromatic rings. The van der Waals surface area contributed by atoms with E-state index in [0.29, 0.717) is 13.2 Å². The van der Waals surface area contributed by atoms with Crippen LogP contribution in [0.4, 0.5) is 0 Å². The predicted octanol–water partition coefficient (Wildman–Crippen LogP) is 1.51. The van der Waals surface area contributed by atoms with Crippen molar-refractivity contribution in [3.8, 4) is 0 Å². The van der Waals surface area contributed by atoms with E-state index in [1.165, 1.54) is 0 Å². The second-order valence-electron chi connectivity index (χ2n) is 5.44. The fourth-order valence-corrected chi connectivity index (χ4v) is 3.03. The highest BCUT2D eigenvalue weighted by Crippen LogP contribution is 2.44. The smallest absolute Gasteiger partial charge is 0.146 e. The van der Waals surface area contributed by atoms with Crippen molar-refractivity contribution < 1.29 is 19.3 Å². The van der Waals surface area contributed by atoms with Crippen LogP contribution >= 0.6 is 0 Å². The first-order chi connectivity index (χ1) is 9.13. The van der Waals surface area contributed by atoms with Gasteiger partial charge in [0.2, 0.25) is 0 Å². The molecule has 0 spiro atoms. The number of hydrogen-bond donors (Lipinski definition) is 1. The largest absolute Gasteiger partial charge is 0.387 e. The fraction of sp³-hybridized carbons (Fsp3) is 0.600. The van der Waals surface area contributed by atoms with Gasteiger partial charge < -0.3 is 19.3 Å². The molecule has 5 atom stereocenters. The molecule has 19 heavy (non-hydrogen) atoms. The van der Waals surface area contributed by atoms with Crippen molar-refractivity contribution in [3.05, 3.63) is 35.9 Å². The van der Waals surface area contributed by atoms with Crippen molar-refractivity contribution in [1.29, 1.82) is 0 Å². The first kappa shape index (κ1) is 13.1. The Hall–Kier alpha value is -0.940. The molecule has 0 radical (unpaired) electrons. The van der Waals surface area contributed by atoms with Crippen LogP contribution in [0.3, 0.4) is 0 Å². The van der Waals surface area contributed by atoms with Crippen LogP contribution < -0.4 is 0 Å². The average Bonchev–Trinajstić information content (AvgIpc) is 2.78. The van der Waals surface area contributed by atoms with Crippen LogP contribution in [0.25, 0.3) is 0 Å². The molecule has 4 heteroatoms. The molecular formula is C15H20O4. The summed E-state index contributed by atoms with van der Waals surface area (Å²) in [5.41, 5.74) is 0.404. The number of aliphatic hydroxyl groups excluding tert-OH is 1. The van der Waals surface area contributed by atoms with E-state index < -0.39 is 11.7 Å². The Labute approximate surface area is 113 Å². The van der Waals surface area contributed by atoms with Gasteiger partial charge in [-0.1, -0.05) is 30.3 Å². The minimum Gasteiger partial charge on any atom is -0.387 e. The van der Waals surface area contributed by atoms with Crippen LogP contribution in [0.15, 0.2) is 30.3 Å². The zero-order chi connectivity index (χ0) is 13.5. The summed E-state index contributed by atoms with van der Waals surface area (Å²) in [6.07, 6.45) is -1.05. The van der Waals surface area contributed by atoms with Crippen molar-refractivity contribution in [1.82, 2.24) is 0 Å². The summed E-state index contributed by atoms with van der Waals surface area (Å²) < 4.78 is 17.4. The van der Waals surface area contributed by atoms with Crippen LogP contribution in [0.5, 0.6) is 0 Å². The maximum absolute atomic E-state index is 10.3. The highest BCUT2D eigenvalue weighted by Gasteiger charge is 2.63. The molecule has 2 aliphatic rings. The summed E-state index contributed by atoms with van der Waals surface area (Å²) in [5.74, 6) is 0. The van der Waals surface area contributed by atoms with Gasteiger partial charge in [0.1, 0.15) is 17.8 Å². The van der Waals surface area contributed by atoms with Crippen molar-refractivity contribution in [2.75, 3.05) is 6.61 Å². The quantitative estimate of drug-likeness (QED) is 0.895. The SMILES string of the molecule is CC1O[C@H]2[C@H](C)O[C@]1(COCc1ccccc1)[C@H]2O. The summed E-state index contributed by atoms with van der Waals surface area (Å²) in [4.78, 5) is 0. The van der Waals surface area contributed by atoms with Gasteiger partial charge in [-0.15, -0.1) is 0 Å². The maximum Gasteiger partial charge on any atom is 0.146 e. The number of rotatable bonds is 4. The topological polar surface area (TPSA) is 47.9 Å². The van der Waals surface area contributed by atoms with E-state index in [1.54, 1.807) is 0 Å².